The number of pyridine rings is 1. The lowest BCUT2D eigenvalue weighted by Gasteiger charge is -2.23. The summed E-state index contributed by atoms with van der Waals surface area (Å²) in [6.07, 6.45) is 2.66. The molecule has 1 atom stereocenters. The van der Waals surface area contributed by atoms with Crippen molar-refractivity contribution in [2.24, 2.45) is 10.9 Å². The van der Waals surface area contributed by atoms with Gasteiger partial charge in [0.15, 0.2) is 5.84 Å². The lowest BCUT2D eigenvalue weighted by Crippen LogP contribution is -2.42. The fourth-order valence-corrected chi connectivity index (χ4v) is 1.90. The third-order valence-corrected chi connectivity index (χ3v) is 3.13. The number of oxime groups is 1. The molecule has 1 fully saturated rings. The number of rotatable bonds is 4. The summed E-state index contributed by atoms with van der Waals surface area (Å²) in [7, 11) is 0. The van der Waals surface area contributed by atoms with E-state index in [1.165, 1.54) is 0 Å². The molecule has 1 aliphatic rings. The molecular formula is C12H18N4O2. The normalized spacial score (nSPS) is 24.4. The van der Waals surface area contributed by atoms with Crippen LogP contribution in [0.15, 0.2) is 23.5 Å². The Balaban J connectivity index is 2.01. The van der Waals surface area contributed by atoms with Gasteiger partial charge in [-0.3, -0.25) is 4.98 Å². The van der Waals surface area contributed by atoms with E-state index in [-0.39, 0.29) is 11.4 Å². The van der Waals surface area contributed by atoms with Gasteiger partial charge in [-0.15, -0.1) is 0 Å². The van der Waals surface area contributed by atoms with E-state index in [1.807, 2.05) is 6.07 Å². The van der Waals surface area contributed by atoms with Gasteiger partial charge in [0.25, 0.3) is 0 Å². The molecule has 1 aliphatic heterocycles. The summed E-state index contributed by atoms with van der Waals surface area (Å²) >= 11 is 0. The van der Waals surface area contributed by atoms with Crippen LogP contribution in [0.1, 0.15) is 24.6 Å². The van der Waals surface area contributed by atoms with Crippen molar-refractivity contribution >= 4 is 5.84 Å². The van der Waals surface area contributed by atoms with Crippen LogP contribution < -0.4 is 11.1 Å². The minimum absolute atomic E-state index is 0.0206. The van der Waals surface area contributed by atoms with Crippen molar-refractivity contribution in [2.75, 3.05) is 13.2 Å². The van der Waals surface area contributed by atoms with E-state index in [0.717, 1.165) is 25.2 Å². The molecule has 18 heavy (non-hydrogen) atoms. The topological polar surface area (TPSA) is 92.8 Å². The molecule has 1 aromatic rings. The van der Waals surface area contributed by atoms with Gasteiger partial charge in [0.2, 0.25) is 0 Å². The number of amidine groups is 1. The largest absolute Gasteiger partial charge is 0.409 e. The van der Waals surface area contributed by atoms with Gasteiger partial charge in [-0.2, -0.15) is 0 Å². The van der Waals surface area contributed by atoms with Crippen LogP contribution in [-0.2, 0) is 11.3 Å². The SMILES string of the molecule is CC1(NCc2ccnc(/C(N)=N/O)c2)CCOC1. The molecule has 1 aromatic heterocycles. The highest BCUT2D eigenvalue weighted by molar-refractivity contribution is 5.95. The van der Waals surface area contributed by atoms with Gasteiger partial charge in [-0.1, -0.05) is 5.16 Å². The highest BCUT2D eigenvalue weighted by Gasteiger charge is 2.28. The van der Waals surface area contributed by atoms with E-state index in [2.05, 4.69) is 22.4 Å². The molecule has 0 amide bonds. The minimum atomic E-state index is 0.0206. The first-order valence-electron chi connectivity index (χ1n) is 5.89. The van der Waals surface area contributed by atoms with Gasteiger partial charge in [-0.25, -0.2) is 0 Å². The maximum Gasteiger partial charge on any atom is 0.188 e. The predicted octanol–water partition coefficient (Wildman–Crippen LogP) is 0.445. The lowest BCUT2D eigenvalue weighted by atomic mass is 10.0. The molecule has 6 nitrogen and oxygen atoms in total. The first-order valence-corrected chi connectivity index (χ1v) is 5.89. The van der Waals surface area contributed by atoms with E-state index in [9.17, 15) is 0 Å². The summed E-state index contributed by atoms with van der Waals surface area (Å²) in [6, 6.07) is 3.71. The van der Waals surface area contributed by atoms with Crippen molar-refractivity contribution in [3.05, 3.63) is 29.6 Å². The zero-order valence-electron chi connectivity index (χ0n) is 10.4. The predicted molar refractivity (Wildman–Crippen MR) is 67.4 cm³/mol. The molecule has 0 aliphatic carbocycles. The zero-order valence-corrected chi connectivity index (χ0v) is 10.4. The Morgan fingerprint density at radius 3 is 3.22 bits per heavy atom. The van der Waals surface area contributed by atoms with Crippen LogP contribution in [0, 0.1) is 0 Å². The van der Waals surface area contributed by atoms with Crippen molar-refractivity contribution in [3.63, 3.8) is 0 Å². The highest BCUT2D eigenvalue weighted by atomic mass is 16.5. The average molecular weight is 250 g/mol. The highest BCUT2D eigenvalue weighted by Crippen LogP contribution is 2.18. The van der Waals surface area contributed by atoms with E-state index in [0.29, 0.717) is 12.2 Å². The van der Waals surface area contributed by atoms with Gasteiger partial charge in [0.05, 0.1) is 6.61 Å². The van der Waals surface area contributed by atoms with Crippen molar-refractivity contribution in [3.8, 4) is 0 Å². The maximum atomic E-state index is 8.61. The maximum absolute atomic E-state index is 8.61. The van der Waals surface area contributed by atoms with Crippen LogP contribution in [0.25, 0.3) is 0 Å². The molecule has 0 spiro atoms. The van der Waals surface area contributed by atoms with Gasteiger partial charge >= 0.3 is 0 Å². The average Bonchev–Trinajstić information content (AvgIpc) is 2.83. The lowest BCUT2D eigenvalue weighted by molar-refractivity contribution is 0.171. The molecule has 6 heteroatoms. The Morgan fingerprint density at radius 1 is 1.72 bits per heavy atom. The van der Waals surface area contributed by atoms with E-state index in [4.69, 9.17) is 15.7 Å². The molecule has 0 saturated carbocycles. The minimum Gasteiger partial charge on any atom is -0.409 e. The summed E-state index contributed by atoms with van der Waals surface area (Å²) in [5, 5.41) is 15.0. The molecule has 0 aromatic carbocycles. The Hall–Kier alpha value is -1.66. The molecule has 2 heterocycles. The van der Waals surface area contributed by atoms with Crippen LogP contribution in [0.4, 0.5) is 0 Å². The standard InChI is InChI=1S/C12H18N4O2/c1-12(3-5-18-8-12)15-7-9-2-4-14-10(6-9)11(13)16-17/h2,4,6,15,17H,3,5,7-8H2,1H3,(H2,13,16). The molecule has 1 saturated heterocycles. The van der Waals surface area contributed by atoms with Crippen LogP contribution in [0.2, 0.25) is 0 Å². The second-order valence-electron chi connectivity index (χ2n) is 4.75. The molecule has 0 radical (unpaired) electrons. The third kappa shape index (κ3) is 2.96. The molecule has 1 unspecified atom stereocenters. The smallest absolute Gasteiger partial charge is 0.188 e. The number of hydrogen-bond donors (Lipinski definition) is 3. The van der Waals surface area contributed by atoms with Crippen LogP contribution in [0.3, 0.4) is 0 Å². The second-order valence-corrected chi connectivity index (χ2v) is 4.75. The summed E-state index contributed by atoms with van der Waals surface area (Å²) in [4.78, 5) is 4.04. The van der Waals surface area contributed by atoms with Gasteiger partial charge in [-0.05, 0) is 31.0 Å². The summed E-state index contributed by atoms with van der Waals surface area (Å²) in [5.74, 6) is 0.0206. The van der Waals surface area contributed by atoms with E-state index >= 15 is 0 Å². The second kappa shape index (κ2) is 5.32. The van der Waals surface area contributed by atoms with Crippen LogP contribution in [-0.4, -0.2) is 34.8 Å². The zero-order chi connectivity index (χ0) is 13.0. The Kier molecular flexibility index (Phi) is 3.78. The fourth-order valence-electron chi connectivity index (χ4n) is 1.90. The summed E-state index contributed by atoms with van der Waals surface area (Å²) in [5.41, 5.74) is 7.05. The van der Waals surface area contributed by atoms with Crippen molar-refractivity contribution in [2.45, 2.75) is 25.4 Å². The van der Waals surface area contributed by atoms with Gasteiger partial charge in [0, 0.05) is 24.9 Å². The Morgan fingerprint density at radius 2 is 2.56 bits per heavy atom. The molecule has 98 valence electrons. The third-order valence-electron chi connectivity index (χ3n) is 3.13. The van der Waals surface area contributed by atoms with Crippen molar-refractivity contribution in [1.29, 1.82) is 0 Å². The van der Waals surface area contributed by atoms with Crippen LogP contribution >= 0.6 is 0 Å². The molecule has 0 bridgehead atoms. The first kappa shape index (κ1) is 12.8. The fraction of sp³-hybridized carbons (Fsp3) is 0.500. The summed E-state index contributed by atoms with van der Waals surface area (Å²) < 4.78 is 5.38. The number of hydrogen-bond acceptors (Lipinski definition) is 5. The Labute approximate surface area is 106 Å². The molecule has 4 N–H and O–H groups in total. The molecule has 2 rings (SSSR count). The van der Waals surface area contributed by atoms with E-state index in [1.54, 1.807) is 12.3 Å². The Bertz CT molecular complexity index is 441. The number of nitrogens with one attached hydrogen (secondary N) is 1. The molecular weight excluding hydrogens is 232 g/mol. The number of nitrogens with zero attached hydrogens (tertiary/aromatic N) is 2. The summed E-state index contributed by atoms with van der Waals surface area (Å²) in [6.45, 7) is 4.38. The number of aromatic nitrogens is 1. The monoisotopic (exact) mass is 250 g/mol. The van der Waals surface area contributed by atoms with Crippen LogP contribution in [0.5, 0.6) is 0 Å². The first-order chi connectivity index (χ1) is 8.63. The van der Waals surface area contributed by atoms with Gasteiger partial charge < -0.3 is 21.0 Å². The van der Waals surface area contributed by atoms with E-state index < -0.39 is 0 Å². The van der Waals surface area contributed by atoms with Crippen molar-refractivity contribution < 1.29 is 9.94 Å². The number of nitrogens with two attached hydrogens (primary N) is 1. The van der Waals surface area contributed by atoms with Crippen molar-refractivity contribution in [1.82, 2.24) is 10.3 Å². The number of ether oxygens (including phenoxy) is 1. The quantitative estimate of drug-likeness (QED) is 0.312. The van der Waals surface area contributed by atoms with Gasteiger partial charge in [0.1, 0.15) is 5.69 Å².